The minimum Gasteiger partial charge on any atom is -0.493 e. The Balaban J connectivity index is 2.26. The summed E-state index contributed by atoms with van der Waals surface area (Å²) in [6.07, 6.45) is 0.734. The number of halogens is 1. The molecule has 1 heterocycles. The molecule has 0 aliphatic rings. The van der Waals surface area contributed by atoms with Crippen LogP contribution in [0.3, 0.4) is 0 Å². The van der Waals surface area contributed by atoms with Crippen molar-refractivity contribution in [3.63, 3.8) is 0 Å². The van der Waals surface area contributed by atoms with E-state index in [1.807, 2.05) is 42.9 Å². The Kier molecular flexibility index (Phi) is 5.42. The normalized spacial score (nSPS) is 12.4. The lowest BCUT2D eigenvalue weighted by atomic mass is 10.0. The first-order valence-electron chi connectivity index (χ1n) is 7.18. The van der Waals surface area contributed by atoms with Crippen molar-refractivity contribution < 1.29 is 9.84 Å². The second kappa shape index (κ2) is 7.09. The molecule has 0 spiro atoms. The molecule has 0 bridgehead atoms. The summed E-state index contributed by atoms with van der Waals surface area (Å²) in [5.74, 6) is 0.738. The van der Waals surface area contributed by atoms with E-state index in [1.165, 1.54) is 0 Å². The predicted molar refractivity (Wildman–Crippen MR) is 86.6 cm³/mol. The molecule has 114 valence electrons. The Morgan fingerprint density at radius 3 is 2.67 bits per heavy atom. The summed E-state index contributed by atoms with van der Waals surface area (Å²) in [7, 11) is 1.90. The number of ether oxygens (including phenoxy) is 1. The van der Waals surface area contributed by atoms with Gasteiger partial charge in [-0.1, -0.05) is 25.1 Å². The number of aromatic nitrogens is 2. The summed E-state index contributed by atoms with van der Waals surface area (Å²) in [6, 6.07) is 7.62. The molecule has 2 rings (SSSR count). The third kappa shape index (κ3) is 3.47. The third-order valence-corrected chi connectivity index (χ3v) is 4.38. The van der Waals surface area contributed by atoms with Gasteiger partial charge < -0.3 is 9.84 Å². The van der Waals surface area contributed by atoms with Crippen LogP contribution in [0.15, 0.2) is 28.7 Å². The average molecular weight is 353 g/mol. The molecule has 1 unspecified atom stereocenters. The molecule has 0 amide bonds. The van der Waals surface area contributed by atoms with Gasteiger partial charge in [0.1, 0.15) is 5.75 Å². The van der Waals surface area contributed by atoms with Crippen molar-refractivity contribution in [1.82, 2.24) is 9.78 Å². The molecule has 5 heteroatoms. The monoisotopic (exact) mass is 352 g/mol. The highest BCUT2D eigenvalue weighted by Crippen LogP contribution is 2.30. The van der Waals surface area contributed by atoms with Crippen LogP contribution in [0.1, 0.15) is 36.9 Å². The van der Waals surface area contributed by atoms with Crippen molar-refractivity contribution in [2.45, 2.75) is 32.8 Å². The highest BCUT2D eigenvalue weighted by molar-refractivity contribution is 9.10. The van der Waals surface area contributed by atoms with Crippen LogP contribution >= 0.6 is 15.9 Å². The van der Waals surface area contributed by atoms with Gasteiger partial charge in [0.15, 0.2) is 0 Å². The number of aliphatic hydroxyl groups excluding tert-OH is 1. The number of nitrogens with zero attached hydrogens (tertiary/aromatic N) is 2. The van der Waals surface area contributed by atoms with Crippen LogP contribution in [-0.2, 0) is 19.9 Å². The fraction of sp³-hybridized carbons (Fsp3) is 0.438. The van der Waals surface area contributed by atoms with Gasteiger partial charge in [0.05, 0.1) is 28.6 Å². The molecule has 0 radical (unpaired) electrons. The van der Waals surface area contributed by atoms with E-state index >= 15 is 0 Å². The largest absolute Gasteiger partial charge is 0.493 e. The molecule has 0 saturated carbocycles. The van der Waals surface area contributed by atoms with Crippen LogP contribution in [0.4, 0.5) is 0 Å². The van der Waals surface area contributed by atoms with E-state index < -0.39 is 6.10 Å². The van der Waals surface area contributed by atoms with Gasteiger partial charge in [-0.15, -0.1) is 0 Å². The summed E-state index contributed by atoms with van der Waals surface area (Å²) in [5, 5.41) is 15.0. The molecular formula is C16H21BrN2O2. The first kappa shape index (κ1) is 16.0. The summed E-state index contributed by atoms with van der Waals surface area (Å²) in [6.45, 7) is 4.59. The second-order valence-electron chi connectivity index (χ2n) is 4.88. The quantitative estimate of drug-likeness (QED) is 0.866. The lowest BCUT2D eigenvalue weighted by Crippen LogP contribution is -2.08. The molecule has 1 atom stereocenters. The van der Waals surface area contributed by atoms with Gasteiger partial charge in [-0.3, -0.25) is 4.68 Å². The SMILES string of the molecule is CCOc1ccccc1C(O)Cc1c(Br)c(CC)nn1C. The predicted octanol–water partition coefficient (Wildman–Crippen LogP) is 3.42. The van der Waals surface area contributed by atoms with Crippen LogP contribution < -0.4 is 4.74 Å². The lowest BCUT2D eigenvalue weighted by Gasteiger charge is -2.16. The molecule has 0 fully saturated rings. The maximum absolute atomic E-state index is 10.6. The van der Waals surface area contributed by atoms with Crippen molar-refractivity contribution in [2.75, 3.05) is 6.61 Å². The molecule has 1 N–H and O–H groups in total. The Labute approximate surface area is 133 Å². The van der Waals surface area contributed by atoms with Crippen molar-refractivity contribution in [1.29, 1.82) is 0 Å². The standard InChI is InChI=1S/C16H21BrN2O2/c1-4-12-16(17)13(19(3)18-12)10-14(20)11-8-6-7-9-15(11)21-5-2/h6-9,14,20H,4-5,10H2,1-3H3. The molecule has 0 saturated heterocycles. The fourth-order valence-corrected chi connectivity index (χ4v) is 3.16. The van der Waals surface area contributed by atoms with Crippen LogP contribution in [0.5, 0.6) is 5.75 Å². The molecule has 4 nitrogen and oxygen atoms in total. The van der Waals surface area contributed by atoms with Crippen LogP contribution in [-0.4, -0.2) is 21.5 Å². The zero-order valence-corrected chi connectivity index (χ0v) is 14.2. The number of benzene rings is 1. The van der Waals surface area contributed by atoms with Gasteiger partial charge in [0, 0.05) is 19.0 Å². The van der Waals surface area contributed by atoms with Gasteiger partial charge in [-0.05, 0) is 35.3 Å². The van der Waals surface area contributed by atoms with Crippen LogP contribution in [0.2, 0.25) is 0 Å². The fourth-order valence-electron chi connectivity index (χ4n) is 2.38. The Morgan fingerprint density at radius 2 is 2.05 bits per heavy atom. The molecule has 2 aromatic rings. The zero-order valence-electron chi connectivity index (χ0n) is 12.6. The lowest BCUT2D eigenvalue weighted by molar-refractivity contribution is 0.169. The average Bonchev–Trinajstić information content (AvgIpc) is 2.75. The number of hydrogen-bond acceptors (Lipinski definition) is 3. The number of rotatable bonds is 6. The number of aryl methyl sites for hydroxylation is 2. The third-order valence-electron chi connectivity index (χ3n) is 3.47. The maximum atomic E-state index is 10.6. The first-order chi connectivity index (χ1) is 10.1. The van der Waals surface area contributed by atoms with E-state index in [0.717, 1.165) is 33.6 Å². The number of aliphatic hydroxyl groups is 1. The summed E-state index contributed by atoms with van der Waals surface area (Å²) >= 11 is 3.59. The zero-order chi connectivity index (χ0) is 15.4. The number of para-hydroxylation sites is 1. The molecule has 21 heavy (non-hydrogen) atoms. The Bertz CT molecular complexity index is 610. The molecule has 0 aliphatic carbocycles. The van der Waals surface area contributed by atoms with Gasteiger partial charge in [-0.2, -0.15) is 5.10 Å². The van der Waals surface area contributed by atoms with E-state index in [-0.39, 0.29) is 0 Å². The second-order valence-corrected chi connectivity index (χ2v) is 5.67. The topological polar surface area (TPSA) is 47.3 Å². The van der Waals surface area contributed by atoms with Gasteiger partial charge >= 0.3 is 0 Å². The van der Waals surface area contributed by atoms with Crippen molar-refractivity contribution in [2.24, 2.45) is 7.05 Å². The van der Waals surface area contributed by atoms with E-state index in [1.54, 1.807) is 0 Å². The molecule has 1 aromatic carbocycles. The maximum Gasteiger partial charge on any atom is 0.125 e. The van der Waals surface area contributed by atoms with E-state index in [4.69, 9.17) is 4.74 Å². The van der Waals surface area contributed by atoms with E-state index in [0.29, 0.717) is 13.0 Å². The van der Waals surface area contributed by atoms with Crippen LogP contribution in [0.25, 0.3) is 0 Å². The first-order valence-corrected chi connectivity index (χ1v) is 7.97. The summed E-state index contributed by atoms with van der Waals surface area (Å²) in [4.78, 5) is 0. The minimum atomic E-state index is -0.621. The molecular weight excluding hydrogens is 332 g/mol. The summed E-state index contributed by atoms with van der Waals surface area (Å²) < 4.78 is 8.40. The van der Waals surface area contributed by atoms with Gasteiger partial charge in [0.25, 0.3) is 0 Å². The Hall–Kier alpha value is -1.33. The smallest absolute Gasteiger partial charge is 0.125 e. The van der Waals surface area contributed by atoms with Crippen molar-refractivity contribution in [3.8, 4) is 5.75 Å². The minimum absolute atomic E-state index is 0.494. The molecule has 0 aliphatic heterocycles. The number of hydrogen-bond donors (Lipinski definition) is 1. The van der Waals surface area contributed by atoms with Crippen molar-refractivity contribution in [3.05, 3.63) is 45.7 Å². The highest BCUT2D eigenvalue weighted by Gasteiger charge is 2.19. The van der Waals surface area contributed by atoms with Crippen LogP contribution in [0, 0.1) is 0 Å². The molecule has 1 aromatic heterocycles. The Morgan fingerprint density at radius 1 is 1.33 bits per heavy atom. The van der Waals surface area contributed by atoms with E-state index in [2.05, 4.69) is 28.0 Å². The van der Waals surface area contributed by atoms with Gasteiger partial charge in [0.2, 0.25) is 0 Å². The highest BCUT2D eigenvalue weighted by atomic mass is 79.9. The summed E-state index contributed by atoms with van der Waals surface area (Å²) in [5.41, 5.74) is 2.81. The van der Waals surface area contributed by atoms with E-state index in [9.17, 15) is 5.11 Å². The van der Waals surface area contributed by atoms with Crippen molar-refractivity contribution >= 4 is 15.9 Å². The van der Waals surface area contributed by atoms with Gasteiger partial charge in [-0.25, -0.2) is 0 Å².